The first-order valence-electron chi connectivity index (χ1n) is 12.5. The van der Waals surface area contributed by atoms with Crippen LogP contribution >= 0.6 is 12.2 Å². The van der Waals surface area contributed by atoms with Crippen LogP contribution in [-0.2, 0) is 26.0 Å². The lowest BCUT2D eigenvalue weighted by Crippen LogP contribution is -2.54. The number of rotatable bonds is 14. The summed E-state index contributed by atoms with van der Waals surface area (Å²) in [4.78, 5) is 20.1. The number of nitrogens with two attached hydrogens (primary N) is 1. The van der Waals surface area contributed by atoms with Crippen molar-refractivity contribution in [3.05, 3.63) is 36.8 Å². The number of aliphatic imine (C=N–C) groups is 1. The van der Waals surface area contributed by atoms with Crippen LogP contribution in [0.1, 0.15) is 57.6 Å². The van der Waals surface area contributed by atoms with Crippen LogP contribution in [0.2, 0.25) is 0 Å². The summed E-state index contributed by atoms with van der Waals surface area (Å²) >= 11 is 5.87. The van der Waals surface area contributed by atoms with Crippen molar-refractivity contribution < 1.29 is 22.4 Å². The van der Waals surface area contributed by atoms with Crippen molar-refractivity contribution in [2.75, 3.05) is 32.6 Å². The summed E-state index contributed by atoms with van der Waals surface area (Å²) in [5, 5.41) is 0. The van der Waals surface area contributed by atoms with Crippen molar-refractivity contribution in [1.82, 2.24) is 9.21 Å². The van der Waals surface area contributed by atoms with E-state index >= 15 is 0 Å². The highest BCUT2D eigenvalue weighted by molar-refractivity contribution is 7.89. The zero-order valence-corrected chi connectivity index (χ0v) is 23.1. The second-order valence-electron chi connectivity index (χ2n) is 8.90. The number of unbranched alkanes of at least 4 members (excludes halogenated alkanes) is 1. The van der Waals surface area contributed by atoms with E-state index in [9.17, 15) is 13.2 Å². The minimum Gasteiger partial charge on any atom is -0.469 e. The number of sulfonamides is 1. The zero-order valence-electron chi connectivity index (χ0n) is 21.4. The van der Waals surface area contributed by atoms with Gasteiger partial charge in [-0.25, -0.2) is 12.7 Å². The molecule has 0 aliphatic carbocycles. The van der Waals surface area contributed by atoms with Crippen molar-refractivity contribution in [3.8, 4) is 0 Å². The smallest absolute Gasteiger partial charge is 0.244 e. The molecule has 1 aliphatic heterocycles. The third-order valence-corrected chi connectivity index (χ3v) is 8.57. The van der Waals surface area contributed by atoms with E-state index < -0.39 is 22.0 Å². The van der Waals surface area contributed by atoms with E-state index in [0.717, 1.165) is 23.6 Å². The Morgan fingerprint density at radius 2 is 2.17 bits per heavy atom. The van der Waals surface area contributed by atoms with Gasteiger partial charge in [-0.2, -0.15) is 0 Å². The van der Waals surface area contributed by atoms with Crippen LogP contribution in [0.3, 0.4) is 0 Å². The number of carbonyl (C=O) groups excluding carboxylic acids is 1. The van der Waals surface area contributed by atoms with Crippen LogP contribution < -0.4 is 5.73 Å². The number of hydrogen-bond acceptors (Lipinski definition) is 7. The Balaban J connectivity index is 2.29. The van der Waals surface area contributed by atoms with E-state index in [2.05, 4.69) is 11.6 Å². The number of thiocarbonyl (C=S) groups is 1. The summed E-state index contributed by atoms with van der Waals surface area (Å²) in [5.74, 6) is 0.139. The molecule has 2 rings (SSSR count). The molecule has 202 valence electrons. The monoisotopic (exact) mass is 540 g/mol. The molecule has 2 atom stereocenters. The topological polar surface area (TPSA) is 118 Å². The van der Waals surface area contributed by atoms with Gasteiger partial charge in [0.25, 0.3) is 0 Å². The third-order valence-electron chi connectivity index (χ3n) is 6.22. The molecule has 2 N–H and O–H groups in total. The Morgan fingerprint density at radius 3 is 2.83 bits per heavy atom. The fourth-order valence-corrected chi connectivity index (χ4v) is 5.82. The molecule has 0 bridgehead atoms. The van der Waals surface area contributed by atoms with Gasteiger partial charge in [0.15, 0.2) is 0 Å². The lowest BCUT2D eigenvalue weighted by Gasteiger charge is -2.37. The third kappa shape index (κ3) is 9.01. The molecule has 1 unspecified atom stereocenters. The second kappa shape index (κ2) is 15.1. The molecule has 1 fully saturated rings. The summed E-state index contributed by atoms with van der Waals surface area (Å²) in [7, 11) is -2.04. The largest absolute Gasteiger partial charge is 0.469 e. The molecule has 1 aliphatic rings. The molecule has 11 heteroatoms. The van der Waals surface area contributed by atoms with Gasteiger partial charge in [0.1, 0.15) is 10.7 Å². The number of amidine groups is 1. The lowest BCUT2D eigenvalue weighted by molar-refractivity contribution is -0.126. The molecule has 0 radical (unpaired) electrons. The first-order chi connectivity index (χ1) is 17.2. The van der Waals surface area contributed by atoms with Gasteiger partial charge in [0.2, 0.25) is 15.9 Å². The van der Waals surface area contributed by atoms with Crippen molar-refractivity contribution in [2.24, 2.45) is 10.7 Å². The van der Waals surface area contributed by atoms with Crippen molar-refractivity contribution in [2.45, 2.75) is 70.4 Å². The Bertz CT molecular complexity index is 971. The van der Waals surface area contributed by atoms with Crippen LogP contribution in [0.15, 0.2) is 40.5 Å². The van der Waals surface area contributed by atoms with E-state index in [1.807, 2.05) is 11.9 Å². The summed E-state index contributed by atoms with van der Waals surface area (Å²) in [5.41, 5.74) is 5.84. The van der Waals surface area contributed by atoms with Crippen LogP contribution in [0.25, 0.3) is 0 Å². The Kier molecular flexibility index (Phi) is 12.6. The molecular weight excluding hydrogens is 500 g/mol. The average Bonchev–Trinajstić information content (AvgIpc) is 3.20. The van der Waals surface area contributed by atoms with Gasteiger partial charge in [0, 0.05) is 26.6 Å². The van der Waals surface area contributed by atoms with Crippen molar-refractivity contribution in [3.63, 3.8) is 0 Å². The van der Waals surface area contributed by atoms with Gasteiger partial charge in [-0.05, 0) is 57.6 Å². The number of likely N-dealkylation sites (N-methyl/N-ethyl adjacent to an activating group) is 1. The molecule has 9 nitrogen and oxygen atoms in total. The highest BCUT2D eigenvalue weighted by Crippen LogP contribution is 2.23. The summed E-state index contributed by atoms with van der Waals surface area (Å²) < 4.78 is 38.5. The molecule has 1 aromatic heterocycles. The number of hydrogen-bond donors (Lipinski definition) is 1. The normalized spacial score (nSPS) is 17.7. The van der Waals surface area contributed by atoms with Gasteiger partial charge >= 0.3 is 0 Å². The number of amides is 1. The number of carbonyl (C=O) groups is 1. The van der Waals surface area contributed by atoms with Crippen molar-refractivity contribution >= 4 is 39.0 Å². The fraction of sp³-hybridized carbons (Fsp3) is 0.640. The molecular formula is C25H40N4O5S2. The highest BCUT2D eigenvalue weighted by atomic mass is 32.2. The minimum absolute atomic E-state index is 0.0251. The SMILES string of the molecule is C=CCC(N)=NCCCC[C@@H](C(=S)N(C)C1CCCCOC1)N(C(=O)Cc1ccco1)S(=O)(=O)CC. The van der Waals surface area contributed by atoms with Gasteiger partial charge in [0.05, 0.1) is 43.0 Å². The zero-order chi connectivity index (χ0) is 26.6. The quantitative estimate of drug-likeness (QED) is 0.126. The van der Waals surface area contributed by atoms with Crippen LogP contribution in [0.4, 0.5) is 0 Å². The maximum atomic E-state index is 13.4. The maximum Gasteiger partial charge on any atom is 0.244 e. The van der Waals surface area contributed by atoms with E-state index in [1.54, 1.807) is 18.2 Å². The van der Waals surface area contributed by atoms with E-state index in [4.69, 9.17) is 27.1 Å². The van der Waals surface area contributed by atoms with Crippen LogP contribution in [0, 0.1) is 0 Å². The Morgan fingerprint density at radius 1 is 1.39 bits per heavy atom. The average molecular weight is 541 g/mol. The first kappa shape index (κ1) is 30.0. The molecule has 1 aromatic rings. The van der Waals surface area contributed by atoms with Crippen molar-refractivity contribution in [1.29, 1.82) is 0 Å². The molecule has 0 saturated carbocycles. The predicted molar refractivity (Wildman–Crippen MR) is 146 cm³/mol. The highest BCUT2D eigenvalue weighted by Gasteiger charge is 2.38. The molecule has 0 aromatic carbocycles. The van der Waals surface area contributed by atoms with E-state index in [1.165, 1.54) is 13.2 Å². The first-order valence-corrected chi connectivity index (χ1v) is 14.5. The van der Waals surface area contributed by atoms with Gasteiger partial charge in [-0.3, -0.25) is 9.79 Å². The van der Waals surface area contributed by atoms with E-state index in [0.29, 0.717) is 62.0 Å². The Labute approximate surface area is 220 Å². The van der Waals surface area contributed by atoms with E-state index in [-0.39, 0.29) is 18.2 Å². The second-order valence-corrected chi connectivity index (χ2v) is 11.5. The minimum atomic E-state index is -3.90. The lowest BCUT2D eigenvalue weighted by atomic mass is 10.1. The fourth-order valence-electron chi connectivity index (χ4n) is 4.13. The van der Waals surface area contributed by atoms with Gasteiger partial charge < -0.3 is 19.8 Å². The predicted octanol–water partition coefficient (Wildman–Crippen LogP) is 3.30. The molecule has 36 heavy (non-hydrogen) atoms. The summed E-state index contributed by atoms with van der Waals surface area (Å²) in [6.07, 6.45) is 8.07. The van der Waals surface area contributed by atoms with Crippen LogP contribution in [-0.4, -0.2) is 79.0 Å². The van der Waals surface area contributed by atoms with Gasteiger partial charge in [-0.1, -0.05) is 18.3 Å². The summed E-state index contributed by atoms with van der Waals surface area (Å²) in [6.45, 7) is 6.91. The van der Waals surface area contributed by atoms with Gasteiger partial charge in [-0.15, -0.1) is 6.58 Å². The molecule has 2 heterocycles. The Hall–Kier alpha value is -2.24. The molecule has 0 spiro atoms. The maximum absolute atomic E-state index is 13.4. The number of furan rings is 1. The number of nitrogens with zero attached hydrogens (tertiary/aromatic N) is 3. The molecule has 1 amide bonds. The van der Waals surface area contributed by atoms with Crippen LogP contribution in [0.5, 0.6) is 0 Å². The number of ether oxygens (including phenoxy) is 1. The standard InChI is InChI=1S/C25H40N4O5S2/c1-4-11-23(26)27-15-8-6-14-22(25(35)28(3)20-12-7-9-16-33-19-20)29(36(31,32)5-2)24(30)18-21-13-10-17-34-21/h4,10,13,17,20,22H,1,5-9,11-12,14-16,18-19H2,2-3H3,(H2,26,27)/t20?,22-/m0/s1. The summed E-state index contributed by atoms with van der Waals surface area (Å²) in [6, 6.07) is 2.55. The molecule has 1 saturated heterocycles.